The fourth-order valence-corrected chi connectivity index (χ4v) is 5.68. The molecule has 0 saturated carbocycles. The van der Waals surface area contributed by atoms with Crippen LogP contribution >= 0.6 is 0 Å². The second-order valence-electron chi connectivity index (χ2n) is 9.97. The Kier molecular flexibility index (Phi) is 6.92. The van der Waals surface area contributed by atoms with Gasteiger partial charge < -0.3 is 30.2 Å². The fourth-order valence-electron chi connectivity index (χ4n) is 5.68. The number of nitrogens with zero attached hydrogens (tertiary/aromatic N) is 7. The van der Waals surface area contributed by atoms with E-state index in [1.54, 1.807) is 0 Å². The van der Waals surface area contributed by atoms with E-state index in [4.69, 9.17) is 15.7 Å². The van der Waals surface area contributed by atoms with Crippen molar-refractivity contribution < 1.29 is 14.4 Å². The van der Waals surface area contributed by atoms with Gasteiger partial charge in [0.05, 0.1) is 0 Å². The number of carbonyl (C=O) groups is 3. The van der Waals surface area contributed by atoms with E-state index in [0.29, 0.717) is 39.1 Å². The Balaban J connectivity index is 1.26. The quantitative estimate of drug-likeness (QED) is 0.569. The zero-order valence-corrected chi connectivity index (χ0v) is 20.4. The van der Waals surface area contributed by atoms with Crippen LogP contribution in [0.3, 0.4) is 0 Å². The molecule has 1 unspecified atom stereocenters. The van der Waals surface area contributed by atoms with Crippen LogP contribution in [-0.4, -0.2) is 102 Å². The Hall–Kier alpha value is -3.11. The summed E-state index contributed by atoms with van der Waals surface area (Å²) in [6.45, 7) is 7.09. The number of amides is 3. The van der Waals surface area contributed by atoms with Crippen molar-refractivity contribution in [1.29, 1.82) is 0 Å². The number of piperazine rings is 1. The molecule has 2 N–H and O–H groups in total. The molecule has 4 fully saturated rings. The minimum Gasteiger partial charge on any atom is -0.369 e. The van der Waals surface area contributed by atoms with Gasteiger partial charge in [-0.2, -0.15) is 9.97 Å². The highest BCUT2D eigenvalue weighted by atomic mass is 16.2. The summed E-state index contributed by atoms with van der Waals surface area (Å²) in [4.78, 5) is 56.9. The largest absolute Gasteiger partial charge is 0.369 e. The first-order chi connectivity index (χ1) is 17.0. The molecule has 0 radical (unpaired) electrons. The Labute approximate surface area is 206 Å². The first-order valence-electron chi connectivity index (χ1n) is 13.0. The molecule has 11 nitrogen and oxygen atoms in total. The van der Waals surface area contributed by atoms with Crippen molar-refractivity contribution >= 4 is 35.3 Å². The normalized spacial score (nSPS) is 22.9. The van der Waals surface area contributed by atoms with Crippen molar-refractivity contribution in [2.24, 2.45) is 5.73 Å². The molecule has 35 heavy (non-hydrogen) atoms. The fraction of sp³-hybridized carbons (Fsp3) is 0.708. The maximum Gasteiger partial charge on any atom is 0.245 e. The summed E-state index contributed by atoms with van der Waals surface area (Å²) in [5, 5.41) is 0. The van der Waals surface area contributed by atoms with Crippen molar-refractivity contribution in [3.63, 3.8) is 0 Å². The van der Waals surface area contributed by atoms with Gasteiger partial charge in [0.2, 0.25) is 23.7 Å². The molecule has 4 saturated heterocycles. The Morgan fingerprint density at radius 1 is 0.771 bits per heavy atom. The predicted molar refractivity (Wildman–Crippen MR) is 132 cm³/mol. The lowest BCUT2D eigenvalue weighted by Gasteiger charge is -2.38. The zero-order valence-electron chi connectivity index (χ0n) is 20.4. The van der Waals surface area contributed by atoms with E-state index in [-0.39, 0.29) is 18.2 Å². The van der Waals surface area contributed by atoms with Crippen LogP contribution in [0.2, 0.25) is 0 Å². The summed E-state index contributed by atoms with van der Waals surface area (Å²) < 4.78 is 0. The van der Waals surface area contributed by atoms with E-state index in [1.165, 1.54) is 30.6 Å². The third-order valence-corrected chi connectivity index (χ3v) is 7.61. The summed E-state index contributed by atoms with van der Waals surface area (Å²) in [7, 11) is 0. The first-order valence-corrected chi connectivity index (χ1v) is 13.0. The summed E-state index contributed by atoms with van der Waals surface area (Å²) in [5.41, 5.74) is 5.19. The van der Waals surface area contributed by atoms with E-state index >= 15 is 0 Å². The number of anilines is 3. The number of nitrogens with two attached hydrogens (primary N) is 1. The lowest BCUT2D eigenvalue weighted by molar-refractivity contribution is -0.145. The summed E-state index contributed by atoms with van der Waals surface area (Å²) in [5.74, 6) is 1.70. The number of hydrogen-bond acceptors (Lipinski definition) is 8. The van der Waals surface area contributed by atoms with Gasteiger partial charge in [-0.25, -0.2) is 0 Å². The first kappa shape index (κ1) is 23.6. The molecular formula is C24H36N8O3. The van der Waals surface area contributed by atoms with Crippen molar-refractivity contribution in [1.82, 2.24) is 19.8 Å². The van der Waals surface area contributed by atoms with E-state index in [0.717, 1.165) is 50.2 Å². The maximum absolute atomic E-state index is 13.3. The third-order valence-electron chi connectivity index (χ3n) is 7.61. The molecule has 1 aromatic heterocycles. The molecule has 0 aromatic carbocycles. The number of primary amides is 1. The summed E-state index contributed by atoms with van der Waals surface area (Å²) in [6, 6.07) is 1.61. The Bertz CT molecular complexity index is 918. The Morgan fingerprint density at radius 2 is 1.34 bits per heavy atom. The molecule has 4 aliphatic rings. The molecule has 1 aromatic rings. The molecular weight excluding hydrogens is 448 g/mol. The molecule has 190 valence electrons. The molecule has 3 amide bonds. The van der Waals surface area contributed by atoms with E-state index in [2.05, 4.69) is 20.8 Å². The van der Waals surface area contributed by atoms with Gasteiger partial charge in [-0.3, -0.25) is 14.4 Å². The van der Waals surface area contributed by atoms with Gasteiger partial charge >= 0.3 is 0 Å². The molecule has 4 aliphatic heterocycles. The van der Waals surface area contributed by atoms with Crippen LogP contribution in [0.15, 0.2) is 6.07 Å². The van der Waals surface area contributed by atoms with Gasteiger partial charge in [-0.05, 0) is 38.5 Å². The lowest BCUT2D eigenvalue weighted by Crippen LogP contribution is -2.54. The van der Waals surface area contributed by atoms with Crippen LogP contribution in [-0.2, 0) is 14.4 Å². The van der Waals surface area contributed by atoms with Gasteiger partial charge in [0.1, 0.15) is 24.1 Å². The second-order valence-corrected chi connectivity index (χ2v) is 9.97. The van der Waals surface area contributed by atoms with E-state index in [1.807, 2.05) is 4.90 Å². The van der Waals surface area contributed by atoms with Crippen molar-refractivity contribution in [2.45, 2.75) is 51.0 Å². The smallest absolute Gasteiger partial charge is 0.245 e. The van der Waals surface area contributed by atoms with Gasteiger partial charge in [0.25, 0.3) is 0 Å². The van der Waals surface area contributed by atoms with E-state index in [9.17, 15) is 14.4 Å². The number of hydrogen-bond donors (Lipinski definition) is 1. The highest BCUT2D eigenvalue weighted by molar-refractivity contribution is 5.98. The Morgan fingerprint density at radius 3 is 1.94 bits per heavy atom. The van der Waals surface area contributed by atoms with Crippen molar-refractivity contribution in [3.8, 4) is 0 Å². The minimum atomic E-state index is -0.659. The molecule has 1 atom stereocenters. The molecule has 11 heteroatoms. The molecule has 0 bridgehead atoms. The minimum absolute atomic E-state index is 0.0295. The molecule has 0 aliphatic carbocycles. The van der Waals surface area contributed by atoms with Gasteiger partial charge in [0.15, 0.2) is 0 Å². The van der Waals surface area contributed by atoms with Crippen LogP contribution in [0.4, 0.5) is 17.6 Å². The summed E-state index contributed by atoms with van der Waals surface area (Å²) >= 11 is 0. The predicted octanol–water partition coefficient (Wildman–Crippen LogP) is 0.192. The topological polar surface area (TPSA) is 119 Å². The van der Waals surface area contributed by atoms with Crippen LogP contribution in [0.25, 0.3) is 0 Å². The molecule has 0 spiro atoms. The van der Waals surface area contributed by atoms with Gasteiger partial charge in [-0.1, -0.05) is 0 Å². The standard InChI is InChI=1S/C24H36N8O3/c25-19(33)16-22(34)32-11-5-6-18(32)23(35)30-14-12-29(13-15-30)21-17-20(28-7-1-2-8-28)26-24(27-21)31-9-3-4-10-31/h17-18H,1-16H2,(H2,25,33). The number of likely N-dealkylation sites (tertiary alicyclic amines) is 1. The molecule has 5 rings (SSSR count). The zero-order chi connectivity index (χ0) is 24.4. The highest BCUT2D eigenvalue weighted by Crippen LogP contribution is 2.28. The van der Waals surface area contributed by atoms with Crippen molar-refractivity contribution in [2.75, 3.05) is 73.6 Å². The van der Waals surface area contributed by atoms with Crippen LogP contribution in [0, 0.1) is 0 Å². The molecule has 5 heterocycles. The number of rotatable bonds is 6. The average molecular weight is 485 g/mol. The highest BCUT2D eigenvalue weighted by Gasteiger charge is 2.37. The second kappa shape index (κ2) is 10.2. The maximum atomic E-state index is 13.3. The summed E-state index contributed by atoms with van der Waals surface area (Å²) in [6.07, 6.45) is 5.79. The van der Waals surface area contributed by atoms with Crippen molar-refractivity contribution in [3.05, 3.63) is 6.07 Å². The van der Waals surface area contributed by atoms with Crippen LogP contribution < -0.4 is 20.4 Å². The number of aromatic nitrogens is 2. The van der Waals surface area contributed by atoms with Gasteiger partial charge in [-0.15, -0.1) is 0 Å². The van der Waals surface area contributed by atoms with Crippen LogP contribution in [0.1, 0.15) is 44.9 Å². The van der Waals surface area contributed by atoms with E-state index < -0.39 is 11.9 Å². The van der Waals surface area contributed by atoms with Crippen LogP contribution in [0.5, 0.6) is 0 Å². The average Bonchev–Trinajstić information content (AvgIpc) is 3.65. The van der Waals surface area contributed by atoms with Gasteiger partial charge in [0, 0.05) is 65.0 Å². The number of carbonyl (C=O) groups excluding carboxylic acids is 3. The monoisotopic (exact) mass is 484 g/mol. The lowest BCUT2D eigenvalue weighted by atomic mass is 10.1. The third kappa shape index (κ3) is 5.13. The SMILES string of the molecule is NC(=O)CC(=O)N1CCCC1C(=O)N1CCN(c2cc(N3CCCC3)nc(N3CCCC3)n2)CC1.